The number of nitrogens with two attached hydrogens (primary N) is 1. The molecule has 0 saturated heterocycles. The van der Waals surface area contributed by atoms with Crippen LogP contribution in [0.3, 0.4) is 0 Å². The minimum Gasteiger partial charge on any atom is -0.374 e. The van der Waals surface area contributed by atoms with Crippen molar-refractivity contribution in [1.29, 1.82) is 0 Å². The van der Waals surface area contributed by atoms with Crippen molar-refractivity contribution in [2.45, 2.75) is 0 Å². The Labute approximate surface area is 82.0 Å². The molecule has 6 heteroatoms. The van der Waals surface area contributed by atoms with Gasteiger partial charge < -0.3 is 5.73 Å². The number of rotatable bonds is 1. The maximum atomic E-state index is 5.75. The molecule has 0 saturated carbocycles. The zero-order valence-electron chi connectivity index (χ0n) is 5.82. The molecular formula is C6H4ClN3S2. The number of nitrogens with zero attached hydrogens (tertiary/aromatic N) is 2. The van der Waals surface area contributed by atoms with Crippen LogP contribution in [0.25, 0.3) is 10.7 Å². The average Bonchev–Trinajstić information content (AvgIpc) is 2.58. The van der Waals surface area contributed by atoms with Gasteiger partial charge >= 0.3 is 0 Å². The fourth-order valence-electron chi connectivity index (χ4n) is 0.770. The number of hydrogen-bond acceptors (Lipinski definition) is 5. The molecule has 0 amide bonds. The van der Waals surface area contributed by atoms with Crippen molar-refractivity contribution in [3.05, 3.63) is 16.5 Å². The standard InChI is InChI=1S/C6H4ClN3S2/c7-4-2-1-3(11-4)5-9-6(8)12-10-5/h1-2H,(H2,8,9,10). The lowest BCUT2D eigenvalue weighted by Crippen LogP contribution is -1.81. The minimum absolute atomic E-state index is 0.481. The molecule has 0 spiro atoms. The van der Waals surface area contributed by atoms with Gasteiger partial charge in [-0.25, -0.2) is 0 Å². The minimum atomic E-state index is 0.481. The van der Waals surface area contributed by atoms with E-state index in [-0.39, 0.29) is 0 Å². The zero-order valence-corrected chi connectivity index (χ0v) is 8.21. The van der Waals surface area contributed by atoms with Gasteiger partial charge in [0, 0.05) is 11.5 Å². The molecule has 0 aromatic carbocycles. The number of nitrogen functional groups attached to an aromatic ring is 1. The summed E-state index contributed by atoms with van der Waals surface area (Å²) in [6.45, 7) is 0. The Hall–Kier alpha value is -0.650. The fraction of sp³-hybridized carbons (Fsp3) is 0. The summed E-state index contributed by atoms with van der Waals surface area (Å²) in [5.41, 5.74) is 5.44. The summed E-state index contributed by atoms with van der Waals surface area (Å²) in [6.07, 6.45) is 0. The number of hydrogen-bond donors (Lipinski definition) is 1. The van der Waals surface area contributed by atoms with Crippen molar-refractivity contribution >= 4 is 39.6 Å². The van der Waals surface area contributed by atoms with Gasteiger partial charge in [-0.15, -0.1) is 11.3 Å². The second kappa shape index (κ2) is 3.01. The van der Waals surface area contributed by atoms with Gasteiger partial charge in [-0.05, 0) is 12.1 Å². The van der Waals surface area contributed by atoms with E-state index in [9.17, 15) is 0 Å². The Morgan fingerprint density at radius 3 is 2.75 bits per heavy atom. The van der Waals surface area contributed by atoms with Gasteiger partial charge in [0.05, 0.1) is 9.21 Å². The zero-order chi connectivity index (χ0) is 8.55. The van der Waals surface area contributed by atoms with Crippen molar-refractivity contribution in [1.82, 2.24) is 9.36 Å². The lowest BCUT2D eigenvalue weighted by atomic mass is 10.4. The van der Waals surface area contributed by atoms with Gasteiger partial charge in [-0.1, -0.05) is 11.6 Å². The highest BCUT2D eigenvalue weighted by atomic mass is 35.5. The first kappa shape index (κ1) is 7.97. The van der Waals surface area contributed by atoms with Gasteiger partial charge in [-0.2, -0.15) is 9.36 Å². The van der Waals surface area contributed by atoms with Gasteiger partial charge in [-0.3, -0.25) is 0 Å². The van der Waals surface area contributed by atoms with Crippen LogP contribution in [0.15, 0.2) is 12.1 Å². The van der Waals surface area contributed by atoms with Crippen LogP contribution in [0, 0.1) is 0 Å². The summed E-state index contributed by atoms with van der Waals surface area (Å²) < 4.78 is 4.79. The predicted octanol–water partition coefficient (Wildman–Crippen LogP) is 2.50. The predicted molar refractivity (Wildman–Crippen MR) is 52.6 cm³/mol. The van der Waals surface area contributed by atoms with Crippen molar-refractivity contribution in [2.75, 3.05) is 5.73 Å². The molecule has 2 rings (SSSR count). The molecule has 0 aliphatic rings. The smallest absolute Gasteiger partial charge is 0.200 e. The Morgan fingerprint density at radius 2 is 2.25 bits per heavy atom. The first-order chi connectivity index (χ1) is 5.75. The van der Waals surface area contributed by atoms with E-state index in [4.69, 9.17) is 17.3 Å². The third-order valence-electron chi connectivity index (χ3n) is 1.24. The van der Waals surface area contributed by atoms with E-state index in [2.05, 4.69) is 9.36 Å². The van der Waals surface area contributed by atoms with Crippen LogP contribution in [0.5, 0.6) is 0 Å². The molecule has 2 aromatic rings. The molecule has 0 aliphatic heterocycles. The van der Waals surface area contributed by atoms with Gasteiger partial charge in [0.15, 0.2) is 11.0 Å². The van der Waals surface area contributed by atoms with E-state index < -0.39 is 0 Å². The maximum absolute atomic E-state index is 5.75. The fourth-order valence-corrected chi connectivity index (χ4v) is 2.25. The monoisotopic (exact) mass is 217 g/mol. The lowest BCUT2D eigenvalue weighted by Gasteiger charge is -1.83. The van der Waals surface area contributed by atoms with E-state index in [1.807, 2.05) is 12.1 Å². The van der Waals surface area contributed by atoms with E-state index in [0.717, 1.165) is 9.21 Å². The normalized spacial score (nSPS) is 10.4. The number of anilines is 1. The first-order valence-corrected chi connectivity index (χ1v) is 5.07. The molecule has 0 bridgehead atoms. The summed E-state index contributed by atoms with van der Waals surface area (Å²) in [5.74, 6) is 0.661. The molecule has 0 radical (unpaired) electrons. The highest BCUT2D eigenvalue weighted by molar-refractivity contribution is 7.19. The summed E-state index contributed by atoms with van der Waals surface area (Å²) in [4.78, 5) is 4.98. The summed E-state index contributed by atoms with van der Waals surface area (Å²) in [7, 11) is 0. The van der Waals surface area contributed by atoms with E-state index in [1.165, 1.54) is 22.9 Å². The third kappa shape index (κ3) is 1.43. The van der Waals surface area contributed by atoms with E-state index >= 15 is 0 Å². The summed E-state index contributed by atoms with van der Waals surface area (Å²) in [6, 6.07) is 3.70. The molecule has 62 valence electrons. The molecule has 2 N–H and O–H groups in total. The molecule has 2 aromatic heterocycles. The van der Waals surface area contributed by atoms with E-state index in [1.54, 1.807) is 0 Å². The van der Waals surface area contributed by atoms with Crippen LogP contribution < -0.4 is 5.73 Å². The first-order valence-electron chi connectivity index (χ1n) is 3.10. The highest BCUT2D eigenvalue weighted by Crippen LogP contribution is 2.29. The summed E-state index contributed by atoms with van der Waals surface area (Å²) >= 11 is 8.39. The summed E-state index contributed by atoms with van der Waals surface area (Å²) in [5, 5.41) is 0.481. The maximum Gasteiger partial charge on any atom is 0.200 e. The van der Waals surface area contributed by atoms with Crippen molar-refractivity contribution < 1.29 is 0 Å². The molecule has 0 fully saturated rings. The SMILES string of the molecule is Nc1nc(-c2ccc(Cl)s2)ns1. The Bertz CT molecular complexity index is 357. The van der Waals surface area contributed by atoms with Gasteiger partial charge in [0.2, 0.25) is 0 Å². The molecule has 0 aliphatic carbocycles. The Kier molecular flexibility index (Phi) is 2.00. The lowest BCUT2D eigenvalue weighted by molar-refractivity contribution is 1.35. The molecule has 12 heavy (non-hydrogen) atoms. The average molecular weight is 218 g/mol. The van der Waals surface area contributed by atoms with Crippen LogP contribution in [-0.2, 0) is 0 Å². The Balaban J connectivity index is 2.43. The number of thiophene rings is 1. The molecule has 3 nitrogen and oxygen atoms in total. The van der Waals surface area contributed by atoms with Crippen LogP contribution in [-0.4, -0.2) is 9.36 Å². The van der Waals surface area contributed by atoms with Gasteiger partial charge in [0.25, 0.3) is 0 Å². The number of aromatic nitrogens is 2. The van der Waals surface area contributed by atoms with Crippen molar-refractivity contribution in [2.24, 2.45) is 0 Å². The highest BCUT2D eigenvalue weighted by Gasteiger charge is 2.06. The van der Waals surface area contributed by atoms with Crippen LogP contribution in [0.2, 0.25) is 4.34 Å². The van der Waals surface area contributed by atoms with E-state index in [0.29, 0.717) is 11.0 Å². The third-order valence-corrected chi connectivity index (χ3v) is 3.00. The largest absolute Gasteiger partial charge is 0.374 e. The molecule has 2 heterocycles. The number of halogens is 1. The van der Waals surface area contributed by atoms with Gasteiger partial charge in [0.1, 0.15) is 0 Å². The van der Waals surface area contributed by atoms with Crippen molar-refractivity contribution in [3.63, 3.8) is 0 Å². The second-order valence-corrected chi connectivity index (χ2v) is 4.56. The van der Waals surface area contributed by atoms with Crippen LogP contribution in [0.1, 0.15) is 0 Å². The molecular weight excluding hydrogens is 214 g/mol. The topological polar surface area (TPSA) is 51.8 Å². The quantitative estimate of drug-likeness (QED) is 0.799. The van der Waals surface area contributed by atoms with Crippen molar-refractivity contribution in [3.8, 4) is 10.7 Å². The molecule has 0 unspecified atom stereocenters. The van der Waals surface area contributed by atoms with Crippen LogP contribution in [0.4, 0.5) is 5.13 Å². The van der Waals surface area contributed by atoms with Crippen LogP contribution >= 0.6 is 34.5 Å². The molecule has 0 atom stereocenters. The second-order valence-electron chi connectivity index (χ2n) is 2.06. The Morgan fingerprint density at radius 1 is 1.42 bits per heavy atom.